The van der Waals surface area contributed by atoms with Crippen LogP contribution in [0.2, 0.25) is 0 Å². The second kappa shape index (κ2) is 5.75. The molecule has 0 heterocycles. The van der Waals surface area contributed by atoms with Gasteiger partial charge in [0.2, 0.25) is 0 Å². The zero-order valence-electron chi connectivity index (χ0n) is 10.5. The summed E-state index contributed by atoms with van der Waals surface area (Å²) in [4.78, 5) is 0. The molecule has 0 radical (unpaired) electrons. The van der Waals surface area contributed by atoms with Gasteiger partial charge in [-0.2, -0.15) is 0 Å². The molecule has 3 nitrogen and oxygen atoms in total. The lowest BCUT2D eigenvalue weighted by atomic mass is 10.0. The number of ether oxygens (including phenoxy) is 2. The quantitative estimate of drug-likeness (QED) is 0.832. The van der Waals surface area contributed by atoms with Gasteiger partial charge in [0.1, 0.15) is 11.5 Å². The molecule has 0 saturated carbocycles. The summed E-state index contributed by atoms with van der Waals surface area (Å²) in [6.07, 6.45) is 1.72. The predicted octanol–water partition coefficient (Wildman–Crippen LogP) is 2.16. The fourth-order valence-corrected chi connectivity index (χ4v) is 1.77. The summed E-state index contributed by atoms with van der Waals surface area (Å²) in [5.41, 5.74) is 8.09. The van der Waals surface area contributed by atoms with Crippen molar-refractivity contribution >= 4 is 0 Å². The summed E-state index contributed by atoms with van der Waals surface area (Å²) in [6.45, 7) is 4.09. The minimum Gasteiger partial charge on any atom is -0.496 e. The van der Waals surface area contributed by atoms with Crippen LogP contribution in [0.15, 0.2) is 12.1 Å². The molecule has 0 fully saturated rings. The summed E-state index contributed by atoms with van der Waals surface area (Å²) in [7, 11) is 3.36. The minimum atomic E-state index is 0.0928. The van der Waals surface area contributed by atoms with Crippen LogP contribution in [0.5, 0.6) is 11.5 Å². The van der Waals surface area contributed by atoms with Gasteiger partial charge in [0.05, 0.1) is 14.2 Å². The third-order valence-electron chi connectivity index (χ3n) is 2.60. The van der Waals surface area contributed by atoms with Gasteiger partial charge in [-0.3, -0.25) is 0 Å². The summed E-state index contributed by atoms with van der Waals surface area (Å²) >= 11 is 0. The monoisotopic (exact) mass is 223 g/mol. The SMILES string of the molecule is CCc1cc(OC)c(CC(C)N)c(OC)c1. The molecule has 0 aromatic heterocycles. The van der Waals surface area contributed by atoms with Gasteiger partial charge in [-0.25, -0.2) is 0 Å². The van der Waals surface area contributed by atoms with Gasteiger partial charge >= 0.3 is 0 Å². The molecule has 3 heteroatoms. The number of rotatable bonds is 5. The Bertz CT molecular complexity index is 323. The van der Waals surface area contributed by atoms with E-state index in [0.29, 0.717) is 0 Å². The van der Waals surface area contributed by atoms with E-state index in [4.69, 9.17) is 15.2 Å². The fourth-order valence-electron chi connectivity index (χ4n) is 1.77. The lowest BCUT2D eigenvalue weighted by molar-refractivity contribution is 0.382. The van der Waals surface area contributed by atoms with Crippen LogP contribution in [0, 0.1) is 0 Å². The molecular formula is C13H21NO2. The van der Waals surface area contributed by atoms with Crippen molar-refractivity contribution in [1.82, 2.24) is 0 Å². The van der Waals surface area contributed by atoms with E-state index >= 15 is 0 Å². The molecule has 0 aliphatic carbocycles. The van der Waals surface area contributed by atoms with Crippen molar-refractivity contribution in [2.24, 2.45) is 5.73 Å². The van der Waals surface area contributed by atoms with Crippen molar-refractivity contribution in [3.8, 4) is 11.5 Å². The fraction of sp³-hybridized carbons (Fsp3) is 0.538. The van der Waals surface area contributed by atoms with Crippen LogP contribution in [0.4, 0.5) is 0 Å². The maximum Gasteiger partial charge on any atom is 0.126 e. The third kappa shape index (κ3) is 2.89. The number of hydrogen-bond donors (Lipinski definition) is 1. The minimum absolute atomic E-state index is 0.0928. The van der Waals surface area contributed by atoms with Crippen LogP contribution < -0.4 is 15.2 Å². The van der Waals surface area contributed by atoms with Gasteiger partial charge < -0.3 is 15.2 Å². The van der Waals surface area contributed by atoms with E-state index in [1.165, 1.54) is 5.56 Å². The van der Waals surface area contributed by atoms with Crippen molar-refractivity contribution in [3.05, 3.63) is 23.3 Å². The molecule has 0 aliphatic heterocycles. The van der Waals surface area contributed by atoms with Crippen LogP contribution in [-0.4, -0.2) is 20.3 Å². The number of aryl methyl sites for hydroxylation is 1. The molecule has 1 aromatic carbocycles. The lowest BCUT2D eigenvalue weighted by Gasteiger charge is -2.16. The first-order chi connectivity index (χ1) is 7.62. The van der Waals surface area contributed by atoms with Gasteiger partial charge in [-0.05, 0) is 37.5 Å². The Balaban J connectivity index is 3.20. The Morgan fingerprint density at radius 3 is 2.00 bits per heavy atom. The Kier molecular flexibility index (Phi) is 4.62. The maximum absolute atomic E-state index is 5.83. The molecule has 90 valence electrons. The molecule has 1 aromatic rings. The molecule has 1 unspecified atom stereocenters. The van der Waals surface area contributed by atoms with E-state index in [-0.39, 0.29) is 6.04 Å². The van der Waals surface area contributed by atoms with Crippen LogP contribution >= 0.6 is 0 Å². The number of methoxy groups -OCH3 is 2. The van der Waals surface area contributed by atoms with Gasteiger partial charge in [-0.1, -0.05) is 6.92 Å². The second-order valence-corrected chi connectivity index (χ2v) is 4.01. The first-order valence-corrected chi connectivity index (χ1v) is 5.61. The van der Waals surface area contributed by atoms with Crippen LogP contribution in [-0.2, 0) is 12.8 Å². The molecule has 16 heavy (non-hydrogen) atoms. The van der Waals surface area contributed by atoms with Crippen molar-refractivity contribution in [2.75, 3.05) is 14.2 Å². The zero-order chi connectivity index (χ0) is 12.1. The van der Waals surface area contributed by atoms with Crippen LogP contribution in [0.3, 0.4) is 0 Å². The number of benzene rings is 1. The highest BCUT2D eigenvalue weighted by Gasteiger charge is 2.13. The Morgan fingerprint density at radius 1 is 1.19 bits per heavy atom. The third-order valence-corrected chi connectivity index (χ3v) is 2.60. The van der Waals surface area contributed by atoms with Gasteiger partial charge in [0, 0.05) is 11.6 Å². The summed E-state index contributed by atoms with van der Waals surface area (Å²) < 4.78 is 10.8. The largest absolute Gasteiger partial charge is 0.496 e. The molecule has 0 aliphatic rings. The predicted molar refractivity (Wildman–Crippen MR) is 66.3 cm³/mol. The van der Waals surface area contributed by atoms with E-state index in [1.807, 2.05) is 6.92 Å². The van der Waals surface area contributed by atoms with E-state index in [1.54, 1.807) is 14.2 Å². The van der Waals surface area contributed by atoms with E-state index in [0.717, 1.165) is 29.9 Å². The highest BCUT2D eigenvalue weighted by atomic mass is 16.5. The molecule has 0 spiro atoms. The van der Waals surface area contributed by atoms with Gasteiger partial charge in [0.15, 0.2) is 0 Å². The van der Waals surface area contributed by atoms with Crippen molar-refractivity contribution in [2.45, 2.75) is 32.7 Å². The van der Waals surface area contributed by atoms with Crippen LogP contribution in [0.1, 0.15) is 25.0 Å². The summed E-state index contributed by atoms with van der Waals surface area (Å²) in [5, 5.41) is 0. The lowest BCUT2D eigenvalue weighted by Crippen LogP contribution is -2.18. The second-order valence-electron chi connectivity index (χ2n) is 4.01. The molecular weight excluding hydrogens is 202 g/mol. The molecule has 0 bridgehead atoms. The average Bonchev–Trinajstić information content (AvgIpc) is 2.28. The van der Waals surface area contributed by atoms with Crippen molar-refractivity contribution < 1.29 is 9.47 Å². The first-order valence-electron chi connectivity index (χ1n) is 5.61. The van der Waals surface area contributed by atoms with Crippen molar-refractivity contribution in [3.63, 3.8) is 0 Å². The Labute approximate surface area is 97.6 Å². The highest BCUT2D eigenvalue weighted by Crippen LogP contribution is 2.31. The zero-order valence-corrected chi connectivity index (χ0v) is 10.5. The average molecular weight is 223 g/mol. The van der Waals surface area contributed by atoms with Gasteiger partial charge in [0.25, 0.3) is 0 Å². The standard InChI is InChI=1S/C13H21NO2/c1-5-10-7-12(15-3)11(6-9(2)14)13(8-10)16-4/h7-9H,5-6,14H2,1-4H3. The number of nitrogens with two attached hydrogens (primary N) is 1. The van der Waals surface area contributed by atoms with Crippen LogP contribution in [0.25, 0.3) is 0 Å². The van der Waals surface area contributed by atoms with E-state index in [9.17, 15) is 0 Å². The topological polar surface area (TPSA) is 44.5 Å². The summed E-state index contributed by atoms with van der Waals surface area (Å²) in [5.74, 6) is 1.74. The molecule has 0 saturated heterocycles. The molecule has 1 rings (SSSR count). The Hall–Kier alpha value is -1.22. The number of hydrogen-bond acceptors (Lipinski definition) is 3. The van der Waals surface area contributed by atoms with Crippen molar-refractivity contribution in [1.29, 1.82) is 0 Å². The summed E-state index contributed by atoms with van der Waals surface area (Å²) in [6, 6.07) is 4.20. The molecule has 2 N–H and O–H groups in total. The maximum atomic E-state index is 5.83. The first kappa shape index (κ1) is 12.8. The van der Waals surface area contributed by atoms with E-state index < -0.39 is 0 Å². The normalized spacial score (nSPS) is 12.3. The van der Waals surface area contributed by atoms with Gasteiger partial charge in [-0.15, -0.1) is 0 Å². The highest BCUT2D eigenvalue weighted by molar-refractivity contribution is 5.48. The molecule has 0 amide bonds. The molecule has 1 atom stereocenters. The smallest absolute Gasteiger partial charge is 0.126 e. The Morgan fingerprint density at radius 2 is 1.69 bits per heavy atom. The van der Waals surface area contributed by atoms with E-state index in [2.05, 4.69) is 19.1 Å².